The molecule has 0 bridgehead atoms. The fourth-order valence-electron chi connectivity index (χ4n) is 4.26. The molecular formula is C20H23FN2O3S. The molecule has 0 saturated carbocycles. The van der Waals surface area contributed by atoms with Crippen molar-refractivity contribution >= 4 is 34.7 Å². The summed E-state index contributed by atoms with van der Waals surface area (Å²) in [4.78, 5) is 27.7. The van der Waals surface area contributed by atoms with Gasteiger partial charge in [-0.15, -0.1) is 0 Å². The van der Waals surface area contributed by atoms with Crippen molar-refractivity contribution in [2.75, 3.05) is 24.5 Å². The lowest BCUT2D eigenvalue weighted by Gasteiger charge is -2.38. The molecule has 144 valence electrons. The molecule has 0 unspecified atom stereocenters. The number of anilines is 1. The van der Waals surface area contributed by atoms with Gasteiger partial charge in [-0.25, -0.2) is 4.39 Å². The van der Waals surface area contributed by atoms with E-state index < -0.39 is 0 Å². The van der Waals surface area contributed by atoms with Gasteiger partial charge < -0.3 is 14.5 Å². The number of allylic oxidation sites excluding steroid dienone is 1. The molecule has 1 aliphatic carbocycles. The van der Waals surface area contributed by atoms with Gasteiger partial charge in [-0.3, -0.25) is 9.59 Å². The van der Waals surface area contributed by atoms with E-state index in [1.807, 2.05) is 31.7 Å². The molecule has 0 spiro atoms. The number of ether oxygens (including phenoxy) is 1. The van der Waals surface area contributed by atoms with E-state index in [0.717, 1.165) is 5.70 Å². The number of amides is 1. The summed E-state index contributed by atoms with van der Waals surface area (Å²) in [5, 5.41) is 0.183. The van der Waals surface area contributed by atoms with Gasteiger partial charge in [0.25, 0.3) is 5.24 Å². The third-order valence-corrected chi connectivity index (χ3v) is 6.24. The van der Waals surface area contributed by atoms with Crippen LogP contribution in [0, 0.1) is 5.82 Å². The van der Waals surface area contributed by atoms with Gasteiger partial charge in [-0.2, -0.15) is 0 Å². The largest absolute Gasteiger partial charge is 0.372 e. The van der Waals surface area contributed by atoms with Crippen LogP contribution < -0.4 is 4.90 Å². The number of nitrogens with zero attached hydrogens (tertiary/aromatic N) is 2. The van der Waals surface area contributed by atoms with Crippen LogP contribution in [0.1, 0.15) is 42.3 Å². The molecule has 2 aliphatic heterocycles. The molecule has 5 nitrogen and oxygen atoms in total. The van der Waals surface area contributed by atoms with Crippen molar-refractivity contribution in [2.24, 2.45) is 0 Å². The number of benzene rings is 1. The van der Waals surface area contributed by atoms with Gasteiger partial charge >= 0.3 is 0 Å². The number of thioether (sulfide) groups is 1. The van der Waals surface area contributed by atoms with E-state index in [1.54, 1.807) is 11.0 Å². The molecule has 4 rings (SSSR count). The Morgan fingerprint density at radius 1 is 1.22 bits per heavy atom. The summed E-state index contributed by atoms with van der Waals surface area (Å²) >= 11 is 1.29. The van der Waals surface area contributed by atoms with Crippen molar-refractivity contribution in [2.45, 2.75) is 44.6 Å². The maximum absolute atomic E-state index is 15.5. The van der Waals surface area contributed by atoms with E-state index in [-0.39, 0.29) is 28.5 Å². The van der Waals surface area contributed by atoms with Crippen molar-refractivity contribution in [3.05, 3.63) is 34.6 Å². The van der Waals surface area contributed by atoms with Gasteiger partial charge in [0.1, 0.15) is 0 Å². The lowest BCUT2D eigenvalue weighted by atomic mass is 10.00. The average Bonchev–Trinajstić information content (AvgIpc) is 3.16. The fourth-order valence-corrected chi connectivity index (χ4v) is 5.13. The predicted molar refractivity (Wildman–Crippen MR) is 105 cm³/mol. The first kappa shape index (κ1) is 18.5. The zero-order valence-corrected chi connectivity index (χ0v) is 16.5. The summed E-state index contributed by atoms with van der Waals surface area (Å²) in [5.41, 5.74) is 2.64. The molecular weight excluding hydrogens is 367 g/mol. The summed E-state index contributed by atoms with van der Waals surface area (Å²) < 4.78 is 21.3. The number of rotatable bonds is 3. The van der Waals surface area contributed by atoms with Crippen LogP contribution in [-0.4, -0.2) is 53.5 Å². The smallest absolute Gasteiger partial charge is 0.286 e. The van der Waals surface area contributed by atoms with Crippen LogP contribution in [0.4, 0.5) is 14.9 Å². The highest BCUT2D eigenvalue weighted by atomic mass is 32.2. The molecule has 0 N–H and O–H groups in total. The van der Waals surface area contributed by atoms with Gasteiger partial charge in [-0.05, 0) is 26.3 Å². The monoisotopic (exact) mass is 390 g/mol. The Kier molecular flexibility index (Phi) is 4.76. The van der Waals surface area contributed by atoms with E-state index in [9.17, 15) is 9.59 Å². The number of carbonyl (C=O) groups excluding carboxylic acids is 2. The number of halogens is 1. The van der Waals surface area contributed by atoms with Crippen molar-refractivity contribution in [1.82, 2.24) is 4.90 Å². The number of hydrogen-bond acceptors (Lipinski definition) is 5. The third kappa shape index (κ3) is 3.17. The minimum atomic E-state index is -0.352. The van der Waals surface area contributed by atoms with Crippen molar-refractivity contribution in [1.29, 1.82) is 0 Å². The molecule has 2 heterocycles. The number of morpholine rings is 1. The molecule has 3 atom stereocenters. The number of aldehydes is 1. The SMILES string of the molecule is C[C@@H]1CN(c2c(C=O)cc3c(c2F)CC=C3N2C[C@@H](C)SC2=O)C[C@@H](C)O1. The zero-order chi connectivity index (χ0) is 19.3. The fraction of sp³-hybridized carbons (Fsp3) is 0.500. The molecule has 2 fully saturated rings. The topological polar surface area (TPSA) is 49.9 Å². The van der Waals surface area contributed by atoms with Gasteiger partial charge in [0.2, 0.25) is 0 Å². The standard InChI is InChI=1S/C20H23FN2O3S/c1-11-7-22(8-12(2)26-11)19-14(10-24)6-16-15(18(19)21)4-5-17(16)23-9-13(3)27-20(23)25/h5-6,10-13H,4,7-9H2,1-3H3/t11-,12-,13-/m1/s1. The second kappa shape index (κ2) is 6.95. The highest BCUT2D eigenvalue weighted by Gasteiger charge is 2.36. The number of carbonyl (C=O) groups is 2. The first-order valence-electron chi connectivity index (χ1n) is 9.28. The molecule has 0 aromatic heterocycles. The molecule has 1 aromatic rings. The lowest BCUT2D eigenvalue weighted by molar-refractivity contribution is -0.00544. The van der Waals surface area contributed by atoms with Crippen LogP contribution in [-0.2, 0) is 11.2 Å². The minimum absolute atomic E-state index is 0.0189. The molecule has 1 amide bonds. The summed E-state index contributed by atoms with van der Waals surface area (Å²) in [6.45, 7) is 7.59. The molecule has 3 aliphatic rings. The molecule has 1 aromatic carbocycles. The Bertz CT molecular complexity index is 831. The second-order valence-electron chi connectivity index (χ2n) is 7.53. The maximum atomic E-state index is 15.5. The first-order valence-corrected chi connectivity index (χ1v) is 10.2. The summed E-state index contributed by atoms with van der Waals surface area (Å²) in [7, 11) is 0. The maximum Gasteiger partial charge on any atom is 0.286 e. The van der Waals surface area contributed by atoms with E-state index in [1.165, 1.54) is 11.8 Å². The predicted octanol–water partition coefficient (Wildman–Crippen LogP) is 3.71. The summed E-state index contributed by atoms with van der Waals surface area (Å²) in [5.74, 6) is -0.352. The van der Waals surface area contributed by atoms with Crippen molar-refractivity contribution < 1.29 is 18.7 Å². The first-order chi connectivity index (χ1) is 12.9. The van der Waals surface area contributed by atoms with Gasteiger partial charge in [-0.1, -0.05) is 24.8 Å². The Hall–Kier alpha value is -1.86. The van der Waals surface area contributed by atoms with E-state index in [0.29, 0.717) is 54.7 Å². The van der Waals surface area contributed by atoms with Crippen LogP contribution in [0.2, 0.25) is 0 Å². The summed E-state index contributed by atoms with van der Waals surface area (Å²) in [6.07, 6.45) is 2.97. The summed E-state index contributed by atoms with van der Waals surface area (Å²) in [6, 6.07) is 1.74. The van der Waals surface area contributed by atoms with Gasteiger partial charge in [0.15, 0.2) is 12.1 Å². The van der Waals surface area contributed by atoms with Crippen LogP contribution in [0.3, 0.4) is 0 Å². The van der Waals surface area contributed by atoms with Crippen LogP contribution in [0.5, 0.6) is 0 Å². The molecule has 27 heavy (non-hydrogen) atoms. The van der Waals surface area contributed by atoms with Crippen molar-refractivity contribution in [3.63, 3.8) is 0 Å². The number of fused-ring (bicyclic) bond motifs is 1. The Morgan fingerprint density at radius 2 is 1.93 bits per heavy atom. The molecule has 0 radical (unpaired) electrons. The quantitative estimate of drug-likeness (QED) is 0.737. The molecule has 2 saturated heterocycles. The Balaban J connectivity index is 1.74. The van der Waals surface area contributed by atoms with E-state index in [2.05, 4.69) is 0 Å². The van der Waals surface area contributed by atoms with Gasteiger partial charge in [0, 0.05) is 47.3 Å². The Morgan fingerprint density at radius 3 is 2.52 bits per heavy atom. The highest BCUT2D eigenvalue weighted by Crippen LogP contribution is 2.41. The Labute approximate surface area is 162 Å². The van der Waals surface area contributed by atoms with Crippen LogP contribution in [0.15, 0.2) is 12.1 Å². The number of hydrogen-bond donors (Lipinski definition) is 0. The van der Waals surface area contributed by atoms with Crippen molar-refractivity contribution in [3.8, 4) is 0 Å². The minimum Gasteiger partial charge on any atom is -0.372 e. The normalized spacial score (nSPS) is 27.8. The van der Waals surface area contributed by atoms with Crippen LogP contribution >= 0.6 is 11.8 Å². The second-order valence-corrected chi connectivity index (χ2v) is 8.92. The highest BCUT2D eigenvalue weighted by molar-refractivity contribution is 8.14. The van der Waals surface area contributed by atoms with E-state index in [4.69, 9.17) is 4.74 Å². The average molecular weight is 390 g/mol. The third-order valence-electron chi connectivity index (χ3n) is 5.26. The zero-order valence-electron chi connectivity index (χ0n) is 15.7. The molecule has 7 heteroatoms. The lowest BCUT2D eigenvalue weighted by Crippen LogP contribution is -2.46. The van der Waals surface area contributed by atoms with Gasteiger partial charge in [0.05, 0.1) is 17.9 Å². The van der Waals surface area contributed by atoms with E-state index >= 15 is 4.39 Å². The van der Waals surface area contributed by atoms with Crippen LogP contribution in [0.25, 0.3) is 5.70 Å².